The molecule has 5 nitrogen and oxygen atoms in total. The summed E-state index contributed by atoms with van der Waals surface area (Å²) in [5.74, 6) is -0.923. The average molecular weight is 234 g/mol. The number of ether oxygens (including phenoxy) is 1. The van der Waals surface area contributed by atoms with Gasteiger partial charge in [0.25, 0.3) is 0 Å². The highest BCUT2D eigenvalue weighted by Crippen LogP contribution is 2.26. The van der Waals surface area contributed by atoms with Gasteiger partial charge in [-0.3, -0.25) is 0 Å². The van der Waals surface area contributed by atoms with Crippen molar-refractivity contribution in [1.82, 2.24) is 0 Å². The van der Waals surface area contributed by atoms with E-state index in [9.17, 15) is 9.59 Å². The van der Waals surface area contributed by atoms with E-state index in [-0.39, 0.29) is 11.3 Å². The smallest absolute Gasteiger partial charge is 0.339 e. The number of fused-ring (bicyclic) bond motifs is 1. The number of carboxylic acids is 1. The van der Waals surface area contributed by atoms with E-state index in [2.05, 4.69) is 0 Å². The van der Waals surface area contributed by atoms with Crippen molar-refractivity contribution in [2.24, 2.45) is 0 Å². The topological polar surface area (TPSA) is 76.7 Å². The van der Waals surface area contributed by atoms with Gasteiger partial charge in [-0.05, 0) is 18.6 Å². The fourth-order valence-electron chi connectivity index (χ4n) is 1.68. The third-order valence-electron chi connectivity index (χ3n) is 2.50. The van der Waals surface area contributed by atoms with Crippen LogP contribution in [0, 0.1) is 6.92 Å². The lowest BCUT2D eigenvalue weighted by atomic mass is 10.1. The lowest BCUT2D eigenvalue weighted by molar-refractivity contribution is 0.0693. The molecule has 0 radical (unpaired) electrons. The Morgan fingerprint density at radius 1 is 1.35 bits per heavy atom. The first-order valence-electron chi connectivity index (χ1n) is 4.88. The van der Waals surface area contributed by atoms with Gasteiger partial charge >= 0.3 is 11.6 Å². The summed E-state index contributed by atoms with van der Waals surface area (Å²) < 4.78 is 9.94. The number of carbonyl (C=O) groups is 1. The van der Waals surface area contributed by atoms with Crippen LogP contribution in [0.1, 0.15) is 15.9 Å². The normalized spacial score (nSPS) is 10.5. The molecular formula is C12H10O5. The molecule has 0 saturated carbocycles. The summed E-state index contributed by atoms with van der Waals surface area (Å²) in [4.78, 5) is 22.2. The molecule has 0 saturated heterocycles. The van der Waals surface area contributed by atoms with Crippen molar-refractivity contribution in [2.45, 2.75) is 6.92 Å². The number of benzene rings is 1. The number of rotatable bonds is 2. The van der Waals surface area contributed by atoms with Gasteiger partial charge in [0, 0.05) is 17.5 Å². The first kappa shape index (κ1) is 11.2. The Morgan fingerprint density at radius 3 is 2.65 bits per heavy atom. The summed E-state index contributed by atoms with van der Waals surface area (Å²) in [5, 5.41) is 9.62. The highest BCUT2D eigenvalue weighted by molar-refractivity contribution is 5.97. The third-order valence-corrected chi connectivity index (χ3v) is 2.50. The Labute approximate surface area is 96.2 Å². The Morgan fingerprint density at radius 2 is 2.06 bits per heavy atom. The van der Waals surface area contributed by atoms with Crippen LogP contribution in [0.4, 0.5) is 0 Å². The van der Waals surface area contributed by atoms with E-state index in [4.69, 9.17) is 14.3 Å². The van der Waals surface area contributed by atoms with Gasteiger partial charge in [-0.15, -0.1) is 0 Å². The van der Waals surface area contributed by atoms with Gasteiger partial charge in [-0.1, -0.05) is 0 Å². The molecule has 1 aromatic carbocycles. The number of hydrogen-bond donors (Lipinski definition) is 1. The van der Waals surface area contributed by atoms with E-state index in [1.54, 1.807) is 6.92 Å². The molecule has 0 unspecified atom stereocenters. The molecule has 1 N–H and O–H groups in total. The minimum atomic E-state index is -1.09. The van der Waals surface area contributed by atoms with Crippen molar-refractivity contribution in [3.63, 3.8) is 0 Å². The second-order valence-corrected chi connectivity index (χ2v) is 3.60. The lowest BCUT2D eigenvalue weighted by Gasteiger charge is -2.07. The zero-order valence-electron chi connectivity index (χ0n) is 9.31. The van der Waals surface area contributed by atoms with Gasteiger partial charge < -0.3 is 14.3 Å². The van der Waals surface area contributed by atoms with Crippen LogP contribution >= 0.6 is 0 Å². The lowest BCUT2D eigenvalue weighted by Crippen LogP contribution is -2.03. The van der Waals surface area contributed by atoms with Gasteiger partial charge in [0.2, 0.25) is 0 Å². The van der Waals surface area contributed by atoms with Crippen LogP contribution in [-0.2, 0) is 0 Å². The molecule has 0 bridgehead atoms. The van der Waals surface area contributed by atoms with Crippen LogP contribution in [-0.4, -0.2) is 18.2 Å². The third kappa shape index (κ3) is 1.87. The largest absolute Gasteiger partial charge is 0.496 e. The Kier molecular flexibility index (Phi) is 2.59. The van der Waals surface area contributed by atoms with E-state index in [0.29, 0.717) is 16.5 Å². The number of hydrogen-bond acceptors (Lipinski definition) is 4. The van der Waals surface area contributed by atoms with E-state index in [1.807, 2.05) is 0 Å². The molecule has 0 aliphatic carbocycles. The number of aromatic carboxylic acids is 1. The Hall–Kier alpha value is -2.30. The van der Waals surface area contributed by atoms with Crippen molar-refractivity contribution in [3.8, 4) is 5.75 Å². The second-order valence-electron chi connectivity index (χ2n) is 3.60. The maximum Gasteiger partial charge on any atom is 0.339 e. The molecule has 1 heterocycles. The monoisotopic (exact) mass is 234 g/mol. The quantitative estimate of drug-likeness (QED) is 0.802. The molecular weight excluding hydrogens is 224 g/mol. The van der Waals surface area contributed by atoms with Gasteiger partial charge in [-0.25, -0.2) is 9.59 Å². The zero-order valence-corrected chi connectivity index (χ0v) is 9.31. The SMILES string of the molecule is COc1cc2oc(=O)cc(C)c2cc1C(=O)O. The maximum absolute atomic E-state index is 11.2. The number of aryl methyl sites for hydroxylation is 1. The second kappa shape index (κ2) is 3.93. The van der Waals surface area contributed by atoms with Crippen molar-refractivity contribution in [3.05, 3.63) is 39.7 Å². The van der Waals surface area contributed by atoms with Gasteiger partial charge in [0.1, 0.15) is 16.9 Å². The van der Waals surface area contributed by atoms with E-state index in [1.165, 1.54) is 25.3 Å². The number of methoxy groups -OCH3 is 1. The molecule has 0 fully saturated rings. The van der Waals surface area contributed by atoms with Crippen molar-refractivity contribution < 1.29 is 19.1 Å². The minimum Gasteiger partial charge on any atom is -0.496 e. The zero-order chi connectivity index (χ0) is 12.6. The van der Waals surface area contributed by atoms with Crippen LogP contribution in [0.3, 0.4) is 0 Å². The highest BCUT2D eigenvalue weighted by Gasteiger charge is 2.14. The molecule has 0 aliphatic heterocycles. The average Bonchev–Trinajstić information content (AvgIpc) is 2.26. The fourth-order valence-corrected chi connectivity index (χ4v) is 1.68. The first-order chi connectivity index (χ1) is 8.02. The highest BCUT2D eigenvalue weighted by atomic mass is 16.5. The van der Waals surface area contributed by atoms with Gasteiger partial charge in [0.05, 0.1) is 7.11 Å². The Bertz CT molecular complexity index is 654. The van der Waals surface area contributed by atoms with Crippen LogP contribution in [0.5, 0.6) is 5.75 Å². The van der Waals surface area contributed by atoms with Crippen molar-refractivity contribution in [2.75, 3.05) is 7.11 Å². The summed E-state index contributed by atoms with van der Waals surface area (Å²) in [6, 6.07) is 4.17. The molecule has 17 heavy (non-hydrogen) atoms. The maximum atomic E-state index is 11.2. The molecule has 2 aromatic rings. The summed E-state index contributed by atoms with van der Waals surface area (Å²) >= 11 is 0. The van der Waals surface area contributed by atoms with Crippen LogP contribution in [0.25, 0.3) is 11.0 Å². The fraction of sp³-hybridized carbons (Fsp3) is 0.167. The van der Waals surface area contributed by atoms with Crippen LogP contribution in [0.15, 0.2) is 27.4 Å². The molecule has 0 amide bonds. The minimum absolute atomic E-state index is 0.0388. The summed E-state index contributed by atoms with van der Waals surface area (Å²) in [6.07, 6.45) is 0. The molecule has 0 spiro atoms. The van der Waals surface area contributed by atoms with Crippen molar-refractivity contribution >= 4 is 16.9 Å². The molecule has 2 rings (SSSR count). The summed E-state index contributed by atoms with van der Waals surface area (Å²) in [7, 11) is 1.36. The van der Waals surface area contributed by atoms with Gasteiger partial charge in [0.15, 0.2) is 0 Å². The summed E-state index contributed by atoms with van der Waals surface area (Å²) in [5.41, 5.74) is 0.551. The number of carboxylic acid groups (broad SMARTS) is 1. The Balaban J connectivity index is 2.87. The molecule has 0 atom stereocenters. The van der Waals surface area contributed by atoms with E-state index in [0.717, 1.165) is 0 Å². The van der Waals surface area contributed by atoms with E-state index >= 15 is 0 Å². The molecule has 1 aromatic heterocycles. The van der Waals surface area contributed by atoms with Gasteiger partial charge in [-0.2, -0.15) is 0 Å². The molecule has 0 aliphatic rings. The summed E-state index contributed by atoms with van der Waals surface area (Å²) in [6.45, 7) is 1.72. The molecule has 5 heteroatoms. The predicted molar refractivity (Wildman–Crippen MR) is 60.7 cm³/mol. The molecule has 88 valence electrons. The standard InChI is InChI=1S/C12H10O5/c1-6-3-11(13)17-10-5-9(16-2)8(12(14)15)4-7(6)10/h3-5H,1-2H3,(H,14,15). The van der Waals surface area contributed by atoms with Crippen molar-refractivity contribution in [1.29, 1.82) is 0 Å². The van der Waals surface area contributed by atoms with Crippen LogP contribution in [0.2, 0.25) is 0 Å². The van der Waals surface area contributed by atoms with E-state index < -0.39 is 11.6 Å². The predicted octanol–water partition coefficient (Wildman–Crippen LogP) is 1.81. The van der Waals surface area contributed by atoms with Crippen LogP contribution < -0.4 is 10.4 Å². The first-order valence-corrected chi connectivity index (χ1v) is 4.88.